The smallest absolute Gasteiger partial charge is 0.119 e. The zero-order chi connectivity index (χ0) is 14.5. The maximum absolute atomic E-state index is 5.97. The van der Waals surface area contributed by atoms with E-state index < -0.39 is 0 Å². The van der Waals surface area contributed by atoms with E-state index in [-0.39, 0.29) is 0 Å². The summed E-state index contributed by atoms with van der Waals surface area (Å²) >= 11 is 0. The van der Waals surface area contributed by atoms with Gasteiger partial charge in [-0.1, -0.05) is 18.6 Å². The van der Waals surface area contributed by atoms with Crippen molar-refractivity contribution < 1.29 is 4.74 Å². The second-order valence-corrected chi connectivity index (χ2v) is 5.79. The van der Waals surface area contributed by atoms with Crippen LogP contribution in [0.3, 0.4) is 0 Å². The van der Waals surface area contributed by atoms with Crippen LogP contribution in [0.2, 0.25) is 0 Å². The lowest BCUT2D eigenvalue weighted by Gasteiger charge is -2.44. The average Bonchev–Trinajstić information content (AvgIpc) is 2.47. The summed E-state index contributed by atoms with van der Waals surface area (Å²) < 4.78 is 5.52. The lowest BCUT2D eigenvalue weighted by molar-refractivity contribution is 0.0570. The molecule has 0 bridgehead atoms. The maximum atomic E-state index is 5.97. The molecule has 1 saturated heterocycles. The number of ether oxygens (including phenoxy) is 1. The predicted octanol–water partition coefficient (Wildman–Crippen LogP) is 3.35. The Kier molecular flexibility index (Phi) is 5.44. The van der Waals surface area contributed by atoms with E-state index in [1.165, 1.54) is 24.8 Å². The summed E-state index contributed by atoms with van der Waals surface area (Å²) in [6.07, 6.45) is 3.80. The van der Waals surface area contributed by atoms with Crippen LogP contribution in [-0.4, -0.2) is 30.1 Å². The highest BCUT2D eigenvalue weighted by Crippen LogP contribution is 2.32. The molecule has 0 radical (unpaired) electrons. The van der Waals surface area contributed by atoms with Gasteiger partial charge in [-0.2, -0.15) is 0 Å². The molecule has 2 rings (SSSR count). The third kappa shape index (κ3) is 3.33. The number of hydrogen-bond donors (Lipinski definition) is 1. The molecular formula is C17H28N2O. The van der Waals surface area contributed by atoms with Gasteiger partial charge in [-0.15, -0.1) is 0 Å². The van der Waals surface area contributed by atoms with Crippen LogP contribution in [0.15, 0.2) is 24.3 Å². The van der Waals surface area contributed by atoms with Crippen molar-refractivity contribution in [3.05, 3.63) is 29.8 Å². The van der Waals surface area contributed by atoms with Crippen LogP contribution in [0.5, 0.6) is 5.75 Å². The van der Waals surface area contributed by atoms with Gasteiger partial charge in [0.15, 0.2) is 0 Å². The van der Waals surface area contributed by atoms with Crippen molar-refractivity contribution in [2.75, 3.05) is 13.2 Å². The first kappa shape index (κ1) is 15.3. The molecule has 0 spiro atoms. The van der Waals surface area contributed by atoms with E-state index in [1.807, 2.05) is 6.92 Å². The van der Waals surface area contributed by atoms with Crippen LogP contribution in [0.4, 0.5) is 0 Å². The minimum Gasteiger partial charge on any atom is -0.494 e. The van der Waals surface area contributed by atoms with Crippen molar-refractivity contribution >= 4 is 0 Å². The molecule has 1 fully saturated rings. The first-order chi connectivity index (χ1) is 9.67. The highest BCUT2D eigenvalue weighted by atomic mass is 16.5. The molecule has 2 N–H and O–H groups in total. The van der Waals surface area contributed by atoms with E-state index in [9.17, 15) is 0 Å². The highest BCUT2D eigenvalue weighted by Gasteiger charge is 2.31. The molecule has 0 aliphatic carbocycles. The second-order valence-electron chi connectivity index (χ2n) is 5.79. The van der Waals surface area contributed by atoms with Crippen molar-refractivity contribution in [2.45, 2.75) is 58.2 Å². The molecule has 1 aromatic carbocycles. The number of likely N-dealkylation sites (tertiary alicyclic amines) is 1. The van der Waals surface area contributed by atoms with E-state index in [0.717, 1.165) is 12.3 Å². The van der Waals surface area contributed by atoms with Crippen molar-refractivity contribution in [3.63, 3.8) is 0 Å². The van der Waals surface area contributed by atoms with Gasteiger partial charge in [-0.25, -0.2) is 0 Å². The standard InChI is InChI=1S/C17H28N2O/c1-4-20-17-10-8-15(9-11-17)14(3)19-13(2)6-5-7-16(19)12-18/h8-11,13-14,16H,4-7,12,18H2,1-3H3. The molecule has 3 unspecified atom stereocenters. The van der Waals surface area contributed by atoms with Crippen LogP contribution in [-0.2, 0) is 0 Å². The summed E-state index contributed by atoms with van der Waals surface area (Å²) in [5, 5.41) is 0. The zero-order valence-corrected chi connectivity index (χ0v) is 13.0. The van der Waals surface area contributed by atoms with E-state index in [2.05, 4.69) is 43.0 Å². The first-order valence-electron chi connectivity index (χ1n) is 7.87. The number of rotatable bonds is 5. The van der Waals surface area contributed by atoms with Crippen molar-refractivity contribution in [2.24, 2.45) is 5.73 Å². The fourth-order valence-electron chi connectivity index (χ4n) is 3.43. The van der Waals surface area contributed by atoms with Crippen molar-refractivity contribution in [1.29, 1.82) is 0 Å². The van der Waals surface area contributed by atoms with Gasteiger partial charge in [0.25, 0.3) is 0 Å². The molecule has 3 atom stereocenters. The molecule has 20 heavy (non-hydrogen) atoms. The third-order valence-electron chi connectivity index (χ3n) is 4.48. The molecule has 1 aliphatic heterocycles. The average molecular weight is 276 g/mol. The molecular weight excluding hydrogens is 248 g/mol. The molecule has 0 saturated carbocycles. The van der Waals surface area contributed by atoms with Crippen LogP contribution in [0.1, 0.15) is 51.6 Å². The molecule has 1 aliphatic rings. The molecule has 112 valence electrons. The lowest BCUT2D eigenvalue weighted by Crippen LogP contribution is -2.49. The van der Waals surface area contributed by atoms with E-state index >= 15 is 0 Å². The number of piperidine rings is 1. The minimum atomic E-state index is 0.412. The Morgan fingerprint density at radius 1 is 1.30 bits per heavy atom. The molecule has 3 heteroatoms. The minimum absolute atomic E-state index is 0.412. The number of nitrogens with zero attached hydrogens (tertiary/aromatic N) is 1. The molecule has 3 nitrogen and oxygen atoms in total. The number of nitrogens with two attached hydrogens (primary N) is 1. The molecule has 1 heterocycles. The lowest BCUT2D eigenvalue weighted by atomic mass is 9.92. The summed E-state index contributed by atoms with van der Waals surface area (Å²) in [6, 6.07) is 10.0. The normalized spacial score (nSPS) is 25.4. The third-order valence-corrected chi connectivity index (χ3v) is 4.48. The topological polar surface area (TPSA) is 38.5 Å². The Balaban J connectivity index is 2.13. The summed E-state index contributed by atoms with van der Waals surface area (Å²) in [5.74, 6) is 0.950. The summed E-state index contributed by atoms with van der Waals surface area (Å²) in [7, 11) is 0. The summed E-state index contributed by atoms with van der Waals surface area (Å²) in [4.78, 5) is 2.60. The number of hydrogen-bond acceptors (Lipinski definition) is 3. The van der Waals surface area contributed by atoms with Crippen molar-refractivity contribution in [3.8, 4) is 5.75 Å². The second kappa shape index (κ2) is 7.09. The van der Waals surface area contributed by atoms with Crippen LogP contribution >= 0.6 is 0 Å². The van der Waals surface area contributed by atoms with Gasteiger partial charge in [-0.3, -0.25) is 4.90 Å². The SMILES string of the molecule is CCOc1ccc(C(C)N2C(C)CCCC2CN)cc1. The van der Waals surface area contributed by atoms with Crippen molar-refractivity contribution in [1.82, 2.24) is 4.90 Å². The number of benzene rings is 1. The van der Waals surface area contributed by atoms with Gasteiger partial charge in [0, 0.05) is 24.7 Å². The predicted molar refractivity (Wildman–Crippen MR) is 84.0 cm³/mol. The fraction of sp³-hybridized carbons (Fsp3) is 0.647. The summed E-state index contributed by atoms with van der Waals surface area (Å²) in [6.45, 7) is 8.10. The van der Waals surface area contributed by atoms with Crippen LogP contribution in [0.25, 0.3) is 0 Å². The zero-order valence-electron chi connectivity index (χ0n) is 13.0. The van der Waals surface area contributed by atoms with Gasteiger partial charge in [0.2, 0.25) is 0 Å². The van der Waals surface area contributed by atoms with Gasteiger partial charge < -0.3 is 10.5 Å². The quantitative estimate of drug-likeness (QED) is 0.896. The van der Waals surface area contributed by atoms with E-state index in [4.69, 9.17) is 10.5 Å². The van der Waals surface area contributed by atoms with Crippen LogP contribution in [0, 0.1) is 0 Å². The fourth-order valence-corrected chi connectivity index (χ4v) is 3.43. The van der Waals surface area contributed by atoms with E-state index in [1.54, 1.807) is 0 Å². The highest BCUT2D eigenvalue weighted by molar-refractivity contribution is 5.29. The Hall–Kier alpha value is -1.06. The van der Waals surface area contributed by atoms with Gasteiger partial charge in [0.1, 0.15) is 5.75 Å². The Morgan fingerprint density at radius 3 is 2.60 bits per heavy atom. The van der Waals surface area contributed by atoms with Gasteiger partial charge in [-0.05, 0) is 51.3 Å². The van der Waals surface area contributed by atoms with E-state index in [0.29, 0.717) is 24.7 Å². The van der Waals surface area contributed by atoms with Gasteiger partial charge in [0.05, 0.1) is 6.61 Å². The Labute approximate surface area is 123 Å². The Morgan fingerprint density at radius 2 is 2.00 bits per heavy atom. The molecule has 0 amide bonds. The first-order valence-corrected chi connectivity index (χ1v) is 7.87. The molecule has 1 aromatic rings. The maximum Gasteiger partial charge on any atom is 0.119 e. The largest absolute Gasteiger partial charge is 0.494 e. The molecule has 0 aromatic heterocycles. The van der Waals surface area contributed by atoms with Crippen LogP contribution < -0.4 is 10.5 Å². The monoisotopic (exact) mass is 276 g/mol. The Bertz CT molecular complexity index is 404. The van der Waals surface area contributed by atoms with Gasteiger partial charge >= 0.3 is 0 Å². The summed E-state index contributed by atoms with van der Waals surface area (Å²) in [5.41, 5.74) is 7.32.